The summed E-state index contributed by atoms with van der Waals surface area (Å²) in [5.41, 5.74) is 0. The molecule has 0 bridgehead atoms. The second-order valence-electron chi connectivity index (χ2n) is 3.90. The Morgan fingerprint density at radius 1 is 1.50 bits per heavy atom. The lowest BCUT2D eigenvalue weighted by Crippen LogP contribution is -1.97. The normalized spacial score (nSPS) is 10.9. The van der Waals surface area contributed by atoms with Gasteiger partial charge in [-0.25, -0.2) is 0 Å². The van der Waals surface area contributed by atoms with E-state index in [9.17, 15) is 4.79 Å². The largest absolute Gasteiger partial charge is 0.339 e. The first-order valence-corrected chi connectivity index (χ1v) is 4.89. The predicted octanol–water partition coefficient (Wildman–Crippen LogP) is 1.79. The van der Waals surface area contributed by atoms with Gasteiger partial charge in [-0.15, -0.1) is 0 Å². The molecule has 14 heavy (non-hydrogen) atoms. The van der Waals surface area contributed by atoms with E-state index in [1.165, 1.54) is 0 Å². The molecule has 0 radical (unpaired) electrons. The van der Waals surface area contributed by atoms with E-state index >= 15 is 0 Å². The summed E-state index contributed by atoms with van der Waals surface area (Å²) in [5.74, 6) is 1.97. The van der Waals surface area contributed by atoms with Crippen LogP contribution in [0.5, 0.6) is 0 Å². The van der Waals surface area contributed by atoms with Gasteiger partial charge in [0.2, 0.25) is 5.89 Å². The van der Waals surface area contributed by atoms with Crippen molar-refractivity contribution in [3.63, 3.8) is 0 Å². The molecule has 0 aliphatic rings. The maximum Gasteiger partial charge on any atom is 0.227 e. The number of carbonyl (C=O) groups is 1. The van der Waals surface area contributed by atoms with E-state index in [1.54, 1.807) is 6.92 Å². The fourth-order valence-corrected chi connectivity index (χ4v) is 1.12. The van der Waals surface area contributed by atoms with Crippen molar-refractivity contribution in [1.29, 1.82) is 0 Å². The van der Waals surface area contributed by atoms with E-state index in [0.717, 1.165) is 12.2 Å². The Morgan fingerprint density at radius 3 is 2.79 bits per heavy atom. The second-order valence-corrected chi connectivity index (χ2v) is 3.90. The van der Waals surface area contributed by atoms with Gasteiger partial charge in [-0.2, -0.15) is 4.98 Å². The van der Waals surface area contributed by atoms with Crippen molar-refractivity contribution in [1.82, 2.24) is 10.1 Å². The predicted molar refractivity (Wildman–Crippen MR) is 51.8 cm³/mol. The van der Waals surface area contributed by atoms with Gasteiger partial charge in [-0.05, 0) is 12.8 Å². The number of aryl methyl sites for hydroxylation is 1. The highest BCUT2D eigenvalue weighted by atomic mass is 16.5. The maximum atomic E-state index is 10.7. The Bertz CT molecular complexity index is 305. The zero-order chi connectivity index (χ0) is 10.6. The molecule has 0 amide bonds. The topological polar surface area (TPSA) is 56.0 Å². The molecule has 0 N–H and O–H groups in total. The van der Waals surface area contributed by atoms with Gasteiger partial charge >= 0.3 is 0 Å². The quantitative estimate of drug-likeness (QED) is 0.720. The molecule has 4 nitrogen and oxygen atoms in total. The van der Waals surface area contributed by atoms with Gasteiger partial charge in [-0.3, -0.25) is 0 Å². The molecule has 0 aliphatic heterocycles. The highest BCUT2D eigenvalue weighted by Gasteiger charge is 2.08. The zero-order valence-corrected chi connectivity index (χ0v) is 8.91. The number of rotatable bonds is 5. The average Bonchev–Trinajstić information content (AvgIpc) is 2.47. The van der Waals surface area contributed by atoms with E-state index in [4.69, 9.17) is 4.52 Å². The van der Waals surface area contributed by atoms with Gasteiger partial charge in [0.25, 0.3) is 0 Å². The fourth-order valence-electron chi connectivity index (χ4n) is 1.12. The first-order valence-electron chi connectivity index (χ1n) is 4.89. The van der Waals surface area contributed by atoms with Crippen molar-refractivity contribution in [3.05, 3.63) is 11.7 Å². The number of Topliss-reactive ketones (excluding diaryl/α,β-unsaturated/α-hetero) is 1. The van der Waals surface area contributed by atoms with Crippen LogP contribution in [-0.4, -0.2) is 15.9 Å². The summed E-state index contributed by atoms with van der Waals surface area (Å²) in [6, 6.07) is 0. The van der Waals surface area contributed by atoms with Crippen LogP contribution in [0.1, 0.15) is 38.9 Å². The van der Waals surface area contributed by atoms with E-state index in [1.807, 2.05) is 0 Å². The summed E-state index contributed by atoms with van der Waals surface area (Å²) < 4.78 is 5.00. The Labute approximate surface area is 83.7 Å². The molecule has 0 aliphatic carbocycles. The van der Waals surface area contributed by atoms with Gasteiger partial charge in [-0.1, -0.05) is 19.0 Å². The van der Waals surface area contributed by atoms with E-state index < -0.39 is 0 Å². The molecular formula is C10H16N2O2. The molecule has 0 unspecified atom stereocenters. The molecule has 1 aromatic rings. The summed E-state index contributed by atoms with van der Waals surface area (Å²) in [7, 11) is 0. The first kappa shape index (κ1) is 10.9. The third-order valence-electron chi connectivity index (χ3n) is 1.79. The SMILES string of the molecule is CC(=O)CCc1nc(CC(C)C)no1. The van der Waals surface area contributed by atoms with Gasteiger partial charge in [0.15, 0.2) is 5.82 Å². The number of hydrogen-bond acceptors (Lipinski definition) is 4. The molecule has 0 spiro atoms. The highest BCUT2D eigenvalue weighted by Crippen LogP contribution is 2.06. The smallest absolute Gasteiger partial charge is 0.227 e. The number of hydrogen-bond donors (Lipinski definition) is 0. The summed E-state index contributed by atoms with van der Waals surface area (Å²) in [5, 5.41) is 3.84. The molecule has 0 saturated carbocycles. The third-order valence-corrected chi connectivity index (χ3v) is 1.79. The summed E-state index contributed by atoms with van der Waals surface area (Å²) in [6.07, 6.45) is 1.85. The highest BCUT2D eigenvalue weighted by molar-refractivity contribution is 5.75. The third kappa shape index (κ3) is 3.68. The van der Waals surface area contributed by atoms with Crippen molar-refractivity contribution < 1.29 is 9.32 Å². The lowest BCUT2D eigenvalue weighted by atomic mass is 10.1. The van der Waals surface area contributed by atoms with Crippen LogP contribution >= 0.6 is 0 Å². The fraction of sp³-hybridized carbons (Fsp3) is 0.700. The summed E-state index contributed by atoms with van der Waals surface area (Å²) in [6.45, 7) is 5.77. The number of aromatic nitrogens is 2. The van der Waals surface area contributed by atoms with E-state index in [-0.39, 0.29) is 5.78 Å². The van der Waals surface area contributed by atoms with Crippen LogP contribution in [0.15, 0.2) is 4.52 Å². The first-order chi connectivity index (χ1) is 6.58. The van der Waals surface area contributed by atoms with Crippen molar-refractivity contribution in [2.75, 3.05) is 0 Å². The maximum absolute atomic E-state index is 10.7. The van der Waals surface area contributed by atoms with Crippen LogP contribution in [0, 0.1) is 5.92 Å². The number of nitrogens with zero attached hydrogens (tertiary/aromatic N) is 2. The lowest BCUT2D eigenvalue weighted by molar-refractivity contribution is -0.117. The minimum Gasteiger partial charge on any atom is -0.339 e. The number of ketones is 1. The molecule has 1 aromatic heterocycles. The van der Waals surface area contributed by atoms with Crippen molar-refractivity contribution in [3.8, 4) is 0 Å². The van der Waals surface area contributed by atoms with Gasteiger partial charge in [0.1, 0.15) is 5.78 Å². The van der Waals surface area contributed by atoms with E-state index in [2.05, 4.69) is 24.0 Å². The average molecular weight is 196 g/mol. The van der Waals surface area contributed by atoms with Crippen molar-refractivity contribution in [2.24, 2.45) is 5.92 Å². The monoisotopic (exact) mass is 196 g/mol. The van der Waals surface area contributed by atoms with Crippen molar-refractivity contribution in [2.45, 2.75) is 40.0 Å². The molecule has 1 heterocycles. The summed E-state index contributed by atoms with van der Waals surface area (Å²) >= 11 is 0. The molecule has 0 fully saturated rings. The number of carbonyl (C=O) groups excluding carboxylic acids is 1. The van der Waals surface area contributed by atoms with Gasteiger partial charge < -0.3 is 9.32 Å². The van der Waals surface area contributed by atoms with Crippen LogP contribution in [-0.2, 0) is 17.6 Å². The minimum atomic E-state index is 0.147. The molecule has 0 saturated heterocycles. The lowest BCUT2D eigenvalue weighted by Gasteiger charge is -1.95. The second kappa shape index (κ2) is 4.88. The van der Waals surface area contributed by atoms with Crippen molar-refractivity contribution >= 4 is 5.78 Å². The Kier molecular flexibility index (Phi) is 3.80. The molecule has 0 atom stereocenters. The minimum absolute atomic E-state index is 0.147. The molecule has 1 rings (SSSR count). The molecule has 0 aromatic carbocycles. The Hall–Kier alpha value is -1.19. The van der Waals surface area contributed by atoms with Crippen LogP contribution in [0.3, 0.4) is 0 Å². The van der Waals surface area contributed by atoms with Gasteiger partial charge in [0, 0.05) is 19.3 Å². The van der Waals surface area contributed by atoms with Crippen LogP contribution in [0.25, 0.3) is 0 Å². The Morgan fingerprint density at radius 2 is 2.21 bits per heavy atom. The van der Waals surface area contributed by atoms with Crippen LogP contribution in [0.2, 0.25) is 0 Å². The van der Waals surface area contributed by atoms with Crippen LogP contribution < -0.4 is 0 Å². The van der Waals surface area contributed by atoms with Crippen LogP contribution in [0.4, 0.5) is 0 Å². The zero-order valence-electron chi connectivity index (χ0n) is 8.91. The molecule has 4 heteroatoms. The van der Waals surface area contributed by atoms with E-state index in [0.29, 0.717) is 24.7 Å². The summed E-state index contributed by atoms with van der Waals surface area (Å²) in [4.78, 5) is 14.9. The molecule has 78 valence electrons. The molecular weight excluding hydrogens is 180 g/mol. The Balaban J connectivity index is 2.46. The standard InChI is InChI=1S/C10H16N2O2/c1-7(2)6-9-11-10(14-12-9)5-4-8(3)13/h7H,4-6H2,1-3H3. The van der Waals surface area contributed by atoms with Gasteiger partial charge in [0.05, 0.1) is 0 Å².